The molecule has 3 heteroatoms. The summed E-state index contributed by atoms with van der Waals surface area (Å²) in [6.07, 6.45) is 0.852. The van der Waals surface area contributed by atoms with E-state index in [0.29, 0.717) is 5.57 Å². The molecule has 0 rings (SSSR count). The third kappa shape index (κ3) is 3.79. The Bertz CT molecular complexity index is 242. The summed E-state index contributed by atoms with van der Waals surface area (Å²) >= 11 is 0. The molecule has 0 heterocycles. The zero-order chi connectivity index (χ0) is 9.56. The van der Waals surface area contributed by atoms with E-state index in [-0.39, 0.29) is 0 Å². The summed E-state index contributed by atoms with van der Waals surface area (Å²) in [7, 11) is 1.24. The number of hydrogen-bond donors (Lipinski definition) is 1. The highest BCUT2D eigenvalue weighted by molar-refractivity contribution is 5.88. The van der Waals surface area contributed by atoms with E-state index >= 15 is 0 Å². The molecule has 0 aliphatic rings. The van der Waals surface area contributed by atoms with E-state index in [1.165, 1.54) is 7.11 Å². The monoisotopic (exact) mass is 168 g/mol. The number of aliphatic hydroxyl groups excluding tert-OH is 1. The van der Waals surface area contributed by atoms with Gasteiger partial charge in [0.1, 0.15) is 6.10 Å². The van der Waals surface area contributed by atoms with Crippen LogP contribution in [0.25, 0.3) is 0 Å². The summed E-state index contributed by atoms with van der Waals surface area (Å²) in [5.41, 5.74) is 0.714. The lowest BCUT2D eigenvalue weighted by atomic mass is 10.2. The Morgan fingerprint density at radius 2 is 2.25 bits per heavy atom. The molecule has 0 fully saturated rings. The minimum absolute atomic E-state index is 0.641. The first-order chi connectivity index (χ1) is 5.61. The van der Waals surface area contributed by atoms with Crippen molar-refractivity contribution in [3.8, 4) is 11.8 Å². The number of rotatable bonds is 1. The van der Waals surface area contributed by atoms with Crippen molar-refractivity contribution in [2.24, 2.45) is 0 Å². The number of ether oxygens (including phenoxy) is 1. The number of carbonyl (C=O) groups excluding carboxylic acids is 1. The molecule has 0 spiro atoms. The van der Waals surface area contributed by atoms with Gasteiger partial charge in [0.15, 0.2) is 0 Å². The van der Waals surface area contributed by atoms with Gasteiger partial charge in [-0.1, -0.05) is 12.0 Å². The van der Waals surface area contributed by atoms with Gasteiger partial charge in [-0.05, 0) is 19.4 Å². The van der Waals surface area contributed by atoms with Crippen molar-refractivity contribution in [2.45, 2.75) is 20.0 Å². The van der Waals surface area contributed by atoms with E-state index in [2.05, 4.69) is 16.6 Å². The van der Waals surface area contributed by atoms with Crippen molar-refractivity contribution in [1.29, 1.82) is 0 Å². The molecule has 0 saturated heterocycles. The van der Waals surface area contributed by atoms with Crippen LogP contribution in [0.5, 0.6) is 0 Å². The molecule has 0 saturated carbocycles. The quantitative estimate of drug-likeness (QED) is 0.268. The maximum Gasteiger partial charge on any atom is 0.384 e. The number of carbonyl (C=O) groups is 1. The van der Waals surface area contributed by atoms with E-state index in [1.54, 1.807) is 19.9 Å². The highest BCUT2D eigenvalue weighted by Gasteiger charge is 2.00. The first-order valence-corrected chi connectivity index (χ1v) is 3.52. The summed E-state index contributed by atoms with van der Waals surface area (Å²) in [5, 5.41) is 9.21. The van der Waals surface area contributed by atoms with Crippen LogP contribution in [0.1, 0.15) is 13.8 Å². The van der Waals surface area contributed by atoms with Gasteiger partial charge in [0.2, 0.25) is 0 Å². The molecular formula is C9H12O3. The van der Waals surface area contributed by atoms with Crippen LogP contribution < -0.4 is 0 Å². The fraction of sp³-hybridized carbons (Fsp3) is 0.444. The maximum atomic E-state index is 10.5. The van der Waals surface area contributed by atoms with Crippen LogP contribution in [-0.2, 0) is 9.53 Å². The summed E-state index contributed by atoms with van der Waals surface area (Å²) in [5.74, 6) is 3.85. The average Bonchev–Trinajstić information content (AvgIpc) is 2.11. The molecule has 0 aliphatic carbocycles. The number of aliphatic hydroxyl groups is 1. The maximum absolute atomic E-state index is 10.5. The fourth-order valence-corrected chi connectivity index (χ4v) is 0.450. The topological polar surface area (TPSA) is 46.5 Å². The highest BCUT2D eigenvalue weighted by Crippen LogP contribution is 1.98. The van der Waals surface area contributed by atoms with E-state index < -0.39 is 12.1 Å². The van der Waals surface area contributed by atoms with Crippen LogP contribution in [0.3, 0.4) is 0 Å². The lowest BCUT2D eigenvalue weighted by Gasteiger charge is -2.00. The Morgan fingerprint density at radius 1 is 1.67 bits per heavy atom. The molecule has 0 amide bonds. The van der Waals surface area contributed by atoms with Crippen molar-refractivity contribution in [2.75, 3.05) is 7.11 Å². The molecule has 0 aliphatic heterocycles. The van der Waals surface area contributed by atoms with Gasteiger partial charge in [0.25, 0.3) is 0 Å². The summed E-state index contributed by atoms with van der Waals surface area (Å²) in [4.78, 5) is 10.5. The molecule has 1 N–H and O–H groups in total. The van der Waals surface area contributed by atoms with Crippen molar-refractivity contribution in [3.63, 3.8) is 0 Å². The van der Waals surface area contributed by atoms with Gasteiger partial charge in [-0.3, -0.25) is 0 Å². The molecule has 0 bridgehead atoms. The Hall–Kier alpha value is -1.27. The van der Waals surface area contributed by atoms with Gasteiger partial charge in [0, 0.05) is 5.92 Å². The highest BCUT2D eigenvalue weighted by atomic mass is 16.5. The molecule has 66 valence electrons. The van der Waals surface area contributed by atoms with Gasteiger partial charge in [-0.25, -0.2) is 4.79 Å². The predicted molar refractivity (Wildman–Crippen MR) is 45.2 cm³/mol. The third-order valence-corrected chi connectivity index (χ3v) is 1.38. The number of allylic oxidation sites excluding steroid dienone is 1. The molecule has 0 unspecified atom stereocenters. The normalized spacial score (nSPS) is 12.8. The van der Waals surface area contributed by atoms with Crippen LogP contribution in [0.2, 0.25) is 0 Å². The SMILES string of the molecule is C/C=C(/C)[C@@H](O)C#CC(=O)OC. The number of methoxy groups -OCH3 is 1. The Labute approximate surface area is 72.0 Å². The second-order valence-electron chi connectivity index (χ2n) is 2.20. The van der Waals surface area contributed by atoms with Crippen molar-refractivity contribution in [1.82, 2.24) is 0 Å². The first-order valence-electron chi connectivity index (χ1n) is 3.52. The molecule has 3 nitrogen and oxygen atoms in total. The van der Waals surface area contributed by atoms with Crippen LogP contribution >= 0.6 is 0 Å². The Morgan fingerprint density at radius 3 is 2.67 bits per heavy atom. The predicted octanol–water partition coefficient (Wildman–Crippen LogP) is 0.490. The van der Waals surface area contributed by atoms with Gasteiger partial charge < -0.3 is 9.84 Å². The Balaban J connectivity index is 4.22. The lowest BCUT2D eigenvalue weighted by molar-refractivity contribution is -0.133. The van der Waals surface area contributed by atoms with Crippen LogP contribution in [0.4, 0.5) is 0 Å². The summed E-state index contributed by atoms with van der Waals surface area (Å²) in [6.45, 7) is 3.52. The van der Waals surface area contributed by atoms with Gasteiger partial charge in [-0.2, -0.15) is 0 Å². The molecular weight excluding hydrogens is 156 g/mol. The molecule has 0 radical (unpaired) electrons. The van der Waals surface area contributed by atoms with E-state index in [0.717, 1.165) is 0 Å². The van der Waals surface area contributed by atoms with Crippen molar-refractivity contribution < 1.29 is 14.6 Å². The third-order valence-electron chi connectivity index (χ3n) is 1.38. The largest absolute Gasteiger partial charge is 0.459 e. The molecule has 12 heavy (non-hydrogen) atoms. The minimum atomic E-state index is -0.880. The molecule has 0 aromatic rings. The Kier molecular flexibility index (Phi) is 4.82. The van der Waals surface area contributed by atoms with E-state index in [1.807, 2.05) is 0 Å². The number of esters is 1. The smallest absolute Gasteiger partial charge is 0.384 e. The van der Waals surface area contributed by atoms with Crippen molar-refractivity contribution >= 4 is 5.97 Å². The van der Waals surface area contributed by atoms with Gasteiger partial charge >= 0.3 is 5.97 Å². The zero-order valence-corrected chi connectivity index (χ0v) is 7.42. The lowest BCUT2D eigenvalue weighted by Crippen LogP contribution is -2.05. The standard InChI is InChI=1S/C9H12O3/c1-4-7(2)8(10)5-6-9(11)12-3/h4,8,10H,1-3H3/b7-4-/t8-/m0/s1. The second-order valence-corrected chi connectivity index (χ2v) is 2.20. The number of hydrogen-bond acceptors (Lipinski definition) is 3. The second kappa shape index (κ2) is 5.39. The van der Waals surface area contributed by atoms with E-state index in [4.69, 9.17) is 0 Å². The summed E-state index contributed by atoms with van der Waals surface area (Å²) in [6, 6.07) is 0. The average molecular weight is 168 g/mol. The van der Waals surface area contributed by atoms with Crippen LogP contribution in [-0.4, -0.2) is 24.3 Å². The van der Waals surface area contributed by atoms with Crippen LogP contribution in [0, 0.1) is 11.8 Å². The van der Waals surface area contributed by atoms with Gasteiger partial charge in [0.05, 0.1) is 7.11 Å². The molecule has 0 aromatic carbocycles. The summed E-state index contributed by atoms with van der Waals surface area (Å²) < 4.78 is 4.27. The molecule has 0 aromatic heterocycles. The van der Waals surface area contributed by atoms with E-state index in [9.17, 15) is 9.90 Å². The fourth-order valence-electron chi connectivity index (χ4n) is 0.450. The first kappa shape index (κ1) is 10.7. The van der Waals surface area contributed by atoms with Gasteiger partial charge in [-0.15, -0.1) is 0 Å². The van der Waals surface area contributed by atoms with Crippen molar-refractivity contribution in [3.05, 3.63) is 11.6 Å². The van der Waals surface area contributed by atoms with Crippen LogP contribution in [0.15, 0.2) is 11.6 Å². The zero-order valence-electron chi connectivity index (χ0n) is 7.42. The molecule has 1 atom stereocenters. The minimum Gasteiger partial charge on any atom is -0.459 e.